The fourth-order valence-corrected chi connectivity index (χ4v) is 2.71. The molecular formula is C19H20FNO3. The van der Waals surface area contributed by atoms with Gasteiger partial charge >= 0.3 is 0 Å². The molecule has 126 valence electrons. The molecule has 0 atom stereocenters. The molecule has 0 saturated heterocycles. The Labute approximate surface area is 140 Å². The number of carbonyl (C=O) groups is 1. The second-order valence-electron chi connectivity index (χ2n) is 5.82. The molecule has 4 nitrogen and oxygen atoms in total. The summed E-state index contributed by atoms with van der Waals surface area (Å²) < 4.78 is 24.6. The predicted octanol–water partition coefficient (Wildman–Crippen LogP) is 3.65. The fourth-order valence-electron chi connectivity index (χ4n) is 2.71. The SMILES string of the molecule is COc1ccc(CN(C(=O)c2ccccc2F)C2CC2)c(OC)c1. The van der Waals surface area contributed by atoms with Gasteiger partial charge in [-0.1, -0.05) is 12.1 Å². The first kappa shape index (κ1) is 16.3. The number of amides is 1. The monoisotopic (exact) mass is 329 g/mol. The van der Waals surface area contributed by atoms with Gasteiger partial charge in [0.2, 0.25) is 0 Å². The van der Waals surface area contributed by atoms with Gasteiger partial charge in [-0.15, -0.1) is 0 Å². The highest BCUT2D eigenvalue weighted by Crippen LogP contribution is 2.33. The third-order valence-electron chi connectivity index (χ3n) is 4.19. The van der Waals surface area contributed by atoms with Gasteiger partial charge in [0, 0.05) is 24.2 Å². The lowest BCUT2D eigenvalue weighted by Crippen LogP contribution is -2.33. The Bertz CT molecular complexity index is 743. The minimum atomic E-state index is -0.491. The van der Waals surface area contributed by atoms with E-state index in [0.717, 1.165) is 18.4 Å². The highest BCUT2D eigenvalue weighted by Gasteiger charge is 2.34. The molecule has 1 saturated carbocycles. The molecule has 0 unspecified atom stereocenters. The number of nitrogens with zero attached hydrogens (tertiary/aromatic N) is 1. The number of benzene rings is 2. The largest absolute Gasteiger partial charge is 0.497 e. The maximum atomic E-state index is 14.0. The van der Waals surface area contributed by atoms with Gasteiger partial charge in [0.25, 0.3) is 5.91 Å². The molecule has 0 aliphatic heterocycles. The van der Waals surface area contributed by atoms with E-state index >= 15 is 0 Å². The van der Waals surface area contributed by atoms with Gasteiger partial charge in [-0.2, -0.15) is 0 Å². The van der Waals surface area contributed by atoms with Gasteiger partial charge in [-0.05, 0) is 37.1 Å². The molecule has 1 aliphatic rings. The highest BCUT2D eigenvalue weighted by atomic mass is 19.1. The maximum absolute atomic E-state index is 14.0. The molecule has 1 aliphatic carbocycles. The third-order valence-corrected chi connectivity index (χ3v) is 4.19. The molecule has 1 amide bonds. The van der Waals surface area contributed by atoms with Crippen molar-refractivity contribution in [1.29, 1.82) is 0 Å². The Morgan fingerprint density at radius 1 is 1.17 bits per heavy atom. The Morgan fingerprint density at radius 3 is 2.54 bits per heavy atom. The first-order valence-electron chi connectivity index (χ1n) is 7.90. The Morgan fingerprint density at radius 2 is 1.92 bits per heavy atom. The zero-order valence-electron chi connectivity index (χ0n) is 13.8. The van der Waals surface area contributed by atoms with Crippen molar-refractivity contribution < 1.29 is 18.7 Å². The summed E-state index contributed by atoms with van der Waals surface area (Å²) in [6, 6.07) is 11.7. The second-order valence-corrected chi connectivity index (χ2v) is 5.82. The van der Waals surface area contributed by atoms with Crippen LogP contribution in [0.4, 0.5) is 4.39 Å². The number of rotatable bonds is 6. The van der Waals surface area contributed by atoms with E-state index in [1.54, 1.807) is 37.3 Å². The van der Waals surface area contributed by atoms with Crippen molar-refractivity contribution in [3.05, 3.63) is 59.4 Å². The van der Waals surface area contributed by atoms with E-state index in [0.29, 0.717) is 18.0 Å². The van der Waals surface area contributed by atoms with Crippen LogP contribution in [0.25, 0.3) is 0 Å². The molecule has 0 spiro atoms. The normalized spacial score (nSPS) is 13.5. The first-order chi connectivity index (χ1) is 11.6. The fraction of sp³-hybridized carbons (Fsp3) is 0.316. The molecule has 2 aromatic carbocycles. The number of ether oxygens (including phenoxy) is 2. The van der Waals surface area contributed by atoms with Crippen molar-refractivity contribution in [3.63, 3.8) is 0 Å². The molecule has 0 N–H and O–H groups in total. The predicted molar refractivity (Wildman–Crippen MR) is 88.8 cm³/mol. The van der Waals surface area contributed by atoms with Gasteiger partial charge < -0.3 is 14.4 Å². The molecule has 0 heterocycles. The number of carbonyl (C=O) groups excluding carboxylic acids is 1. The minimum Gasteiger partial charge on any atom is -0.497 e. The average Bonchev–Trinajstić information content (AvgIpc) is 3.44. The standard InChI is InChI=1S/C19H20FNO3/c1-23-15-10-7-13(18(11-15)24-2)12-21(14-8-9-14)19(22)16-5-3-4-6-17(16)20/h3-7,10-11,14H,8-9,12H2,1-2H3. The summed E-state index contributed by atoms with van der Waals surface area (Å²) >= 11 is 0. The second kappa shape index (κ2) is 6.91. The minimum absolute atomic E-state index is 0.108. The zero-order chi connectivity index (χ0) is 17.1. The van der Waals surface area contributed by atoms with E-state index in [1.807, 2.05) is 12.1 Å². The molecule has 1 fully saturated rings. The van der Waals surface area contributed by atoms with Crippen molar-refractivity contribution in [1.82, 2.24) is 4.90 Å². The van der Waals surface area contributed by atoms with Gasteiger partial charge in [0.05, 0.1) is 19.8 Å². The quantitative estimate of drug-likeness (QED) is 0.812. The van der Waals surface area contributed by atoms with Crippen LogP contribution in [0.15, 0.2) is 42.5 Å². The summed E-state index contributed by atoms with van der Waals surface area (Å²) in [6.07, 6.45) is 1.89. The van der Waals surface area contributed by atoms with E-state index < -0.39 is 5.82 Å². The van der Waals surface area contributed by atoms with Crippen LogP contribution in [-0.2, 0) is 6.54 Å². The van der Waals surface area contributed by atoms with Crippen LogP contribution in [0.3, 0.4) is 0 Å². The Balaban J connectivity index is 1.88. The molecule has 0 radical (unpaired) electrons. The molecule has 2 aromatic rings. The average molecular weight is 329 g/mol. The van der Waals surface area contributed by atoms with Crippen molar-refractivity contribution in [2.24, 2.45) is 0 Å². The summed E-state index contributed by atoms with van der Waals surface area (Å²) in [7, 11) is 3.17. The Kier molecular flexibility index (Phi) is 4.69. The highest BCUT2D eigenvalue weighted by molar-refractivity contribution is 5.94. The van der Waals surface area contributed by atoms with Crippen molar-refractivity contribution >= 4 is 5.91 Å². The van der Waals surface area contributed by atoms with Crippen LogP contribution in [0.2, 0.25) is 0 Å². The summed E-state index contributed by atoms with van der Waals surface area (Å²) in [5.74, 6) is 0.568. The molecule has 0 bridgehead atoms. The van der Waals surface area contributed by atoms with Gasteiger partial charge in [-0.25, -0.2) is 4.39 Å². The molecule has 24 heavy (non-hydrogen) atoms. The van der Waals surface area contributed by atoms with E-state index in [9.17, 15) is 9.18 Å². The topological polar surface area (TPSA) is 38.8 Å². The van der Waals surface area contributed by atoms with Crippen molar-refractivity contribution in [2.45, 2.75) is 25.4 Å². The summed E-state index contributed by atoms with van der Waals surface area (Å²) in [5.41, 5.74) is 0.978. The lowest BCUT2D eigenvalue weighted by molar-refractivity contribution is 0.0724. The van der Waals surface area contributed by atoms with Crippen molar-refractivity contribution in [3.8, 4) is 11.5 Å². The third kappa shape index (κ3) is 3.35. The lowest BCUT2D eigenvalue weighted by Gasteiger charge is -2.24. The maximum Gasteiger partial charge on any atom is 0.257 e. The van der Waals surface area contributed by atoms with E-state index in [-0.39, 0.29) is 17.5 Å². The van der Waals surface area contributed by atoms with Crippen LogP contribution in [0.1, 0.15) is 28.8 Å². The molecular weight excluding hydrogens is 309 g/mol. The molecule has 0 aromatic heterocycles. The molecule has 5 heteroatoms. The number of hydrogen-bond donors (Lipinski definition) is 0. The lowest BCUT2D eigenvalue weighted by atomic mass is 10.1. The van der Waals surface area contributed by atoms with Crippen LogP contribution < -0.4 is 9.47 Å². The Hall–Kier alpha value is -2.56. The number of hydrogen-bond acceptors (Lipinski definition) is 3. The van der Waals surface area contributed by atoms with E-state index in [4.69, 9.17) is 9.47 Å². The first-order valence-corrected chi connectivity index (χ1v) is 7.90. The van der Waals surface area contributed by atoms with Crippen LogP contribution in [0.5, 0.6) is 11.5 Å². The summed E-state index contributed by atoms with van der Waals surface area (Å²) in [6.45, 7) is 0.380. The smallest absolute Gasteiger partial charge is 0.257 e. The van der Waals surface area contributed by atoms with Crippen molar-refractivity contribution in [2.75, 3.05) is 14.2 Å². The van der Waals surface area contributed by atoms with Crippen LogP contribution in [0, 0.1) is 5.82 Å². The van der Waals surface area contributed by atoms with E-state index in [2.05, 4.69) is 0 Å². The number of methoxy groups -OCH3 is 2. The summed E-state index contributed by atoms with van der Waals surface area (Å²) in [5, 5.41) is 0. The van der Waals surface area contributed by atoms with E-state index in [1.165, 1.54) is 12.1 Å². The molecule has 3 rings (SSSR count). The summed E-state index contributed by atoms with van der Waals surface area (Å²) in [4.78, 5) is 14.5. The van der Waals surface area contributed by atoms with Crippen LogP contribution in [-0.4, -0.2) is 31.1 Å². The van der Waals surface area contributed by atoms with Crippen LogP contribution >= 0.6 is 0 Å². The number of halogens is 1. The van der Waals surface area contributed by atoms with Gasteiger partial charge in [0.1, 0.15) is 17.3 Å². The van der Waals surface area contributed by atoms with Gasteiger partial charge in [-0.3, -0.25) is 4.79 Å². The zero-order valence-corrected chi connectivity index (χ0v) is 13.8. The van der Waals surface area contributed by atoms with Gasteiger partial charge in [0.15, 0.2) is 0 Å².